The number of carbonyl (C=O) groups excluding carboxylic acids is 4. The molecule has 1 aliphatic heterocycles. The molecular formula is C26H38N2O6S. The van der Waals surface area contributed by atoms with Crippen molar-refractivity contribution in [2.45, 2.75) is 78.7 Å². The van der Waals surface area contributed by atoms with Crippen LogP contribution in [0.15, 0.2) is 30.3 Å². The third-order valence-electron chi connectivity index (χ3n) is 5.05. The number of hydrogen-bond acceptors (Lipinski definition) is 7. The number of nitrogens with zero attached hydrogens (tertiary/aromatic N) is 1. The molecule has 2 atom stereocenters. The summed E-state index contributed by atoms with van der Waals surface area (Å²) in [5.74, 6) is -0.208. The second-order valence-corrected chi connectivity index (χ2v) is 12.0. The molecule has 0 aliphatic carbocycles. The van der Waals surface area contributed by atoms with Crippen molar-refractivity contribution in [1.82, 2.24) is 10.2 Å². The second-order valence-electron chi connectivity index (χ2n) is 11.0. The van der Waals surface area contributed by atoms with Crippen LogP contribution in [0.1, 0.15) is 59.9 Å². The first-order valence-corrected chi connectivity index (χ1v) is 13.0. The molecule has 0 saturated carbocycles. The maximum Gasteiger partial charge on any atom is 0.411 e. The smallest absolute Gasteiger partial charge is 0.411 e. The SMILES string of the molecule is CC(C)(C)CC(CSCC(=O)OC(C)(C)C)NC(=O)C1CC(=O)CN1C(=O)OCc1ccccc1. The molecule has 0 aromatic heterocycles. The second kappa shape index (κ2) is 12.4. The van der Waals surface area contributed by atoms with Gasteiger partial charge in [-0.1, -0.05) is 51.1 Å². The Morgan fingerprint density at radius 2 is 1.77 bits per heavy atom. The molecule has 0 spiro atoms. The van der Waals surface area contributed by atoms with Crippen molar-refractivity contribution in [3.05, 3.63) is 35.9 Å². The fourth-order valence-corrected chi connectivity index (χ4v) is 4.59. The Hall–Kier alpha value is -2.55. The predicted octanol–water partition coefficient (Wildman–Crippen LogP) is 3.96. The van der Waals surface area contributed by atoms with E-state index in [0.717, 1.165) is 5.56 Å². The van der Waals surface area contributed by atoms with E-state index >= 15 is 0 Å². The molecule has 2 rings (SSSR count). The summed E-state index contributed by atoms with van der Waals surface area (Å²) < 4.78 is 10.7. The van der Waals surface area contributed by atoms with Crippen molar-refractivity contribution < 1.29 is 28.7 Å². The maximum absolute atomic E-state index is 13.1. The van der Waals surface area contributed by atoms with Gasteiger partial charge in [-0.2, -0.15) is 0 Å². The van der Waals surface area contributed by atoms with E-state index in [1.807, 2.05) is 51.1 Å². The van der Waals surface area contributed by atoms with Gasteiger partial charge in [0.15, 0.2) is 5.78 Å². The number of nitrogens with one attached hydrogen (secondary N) is 1. The van der Waals surface area contributed by atoms with E-state index in [1.165, 1.54) is 16.7 Å². The first kappa shape index (κ1) is 28.7. The van der Waals surface area contributed by atoms with Crippen LogP contribution in [0.2, 0.25) is 0 Å². The lowest BCUT2D eigenvalue weighted by Gasteiger charge is -2.29. The highest BCUT2D eigenvalue weighted by molar-refractivity contribution is 7.99. The number of ketones is 1. The molecule has 8 nitrogen and oxygen atoms in total. The first-order chi connectivity index (χ1) is 16.2. The van der Waals surface area contributed by atoms with Crippen molar-refractivity contribution in [2.75, 3.05) is 18.1 Å². The summed E-state index contributed by atoms with van der Waals surface area (Å²) in [6.45, 7) is 11.6. The summed E-state index contributed by atoms with van der Waals surface area (Å²) in [5.41, 5.74) is 0.189. The van der Waals surface area contributed by atoms with E-state index in [-0.39, 0.29) is 54.4 Å². The van der Waals surface area contributed by atoms with Gasteiger partial charge in [-0.15, -0.1) is 11.8 Å². The topological polar surface area (TPSA) is 102 Å². The van der Waals surface area contributed by atoms with Gasteiger partial charge in [0.1, 0.15) is 18.2 Å². The van der Waals surface area contributed by atoms with Crippen LogP contribution < -0.4 is 5.32 Å². The van der Waals surface area contributed by atoms with E-state index in [0.29, 0.717) is 12.2 Å². The van der Waals surface area contributed by atoms with Gasteiger partial charge in [0, 0.05) is 18.2 Å². The summed E-state index contributed by atoms with van der Waals surface area (Å²) in [5, 5.41) is 3.00. The number of carbonyl (C=O) groups is 4. The molecule has 1 aromatic rings. The van der Waals surface area contributed by atoms with Gasteiger partial charge in [0.2, 0.25) is 5.91 Å². The van der Waals surface area contributed by atoms with Crippen LogP contribution in [0.25, 0.3) is 0 Å². The summed E-state index contributed by atoms with van der Waals surface area (Å²) >= 11 is 1.39. The Kier molecular flexibility index (Phi) is 10.2. The van der Waals surface area contributed by atoms with Gasteiger partial charge >= 0.3 is 12.1 Å². The number of thioether (sulfide) groups is 1. The van der Waals surface area contributed by atoms with Crippen LogP contribution in [-0.4, -0.2) is 64.4 Å². The van der Waals surface area contributed by atoms with Crippen LogP contribution in [0.3, 0.4) is 0 Å². The lowest BCUT2D eigenvalue weighted by molar-refractivity contribution is -0.151. The summed E-state index contributed by atoms with van der Waals surface area (Å²) in [7, 11) is 0. The number of amides is 2. The average Bonchev–Trinajstić information content (AvgIpc) is 3.12. The zero-order valence-electron chi connectivity index (χ0n) is 21.6. The van der Waals surface area contributed by atoms with Crippen LogP contribution in [0.4, 0.5) is 4.79 Å². The molecule has 35 heavy (non-hydrogen) atoms. The Balaban J connectivity index is 1.98. The molecule has 0 bridgehead atoms. The Bertz CT molecular complexity index is 891. The molecule has 2 unspecified atom stereocenters. The molecule has 1 aliphatic rings. The largest absolute Gasteiger partial charge is 0.459 e. The molecule has 1 heterocycles. The lowest BCUT2D eigenvalue weighted by Crippen LogP contribution is -2.50. The Labute approximate surface area is 212 Å². The van der Waals surface area contributed by atoms with E-state index in [1.54, 1.807) is 0 Å². The first-order valence-electron chi connectivity index (χ1n) is 11.8. The fourth-order valence-electron chi connectivity index (χ4n) is 3.76. The molecule has 9 heteroatoms. The highest BCUT2D eigenvalue weighted by atomic mass is 32.2. The summed E-state index contributed by atoms with van der Waals surface area (Å²) in [6.07, 6.45) is -0.0647. The summed E-state index contributed by atoms with van der Waals surface area (Å²) in [4.78, 5) is 51.2. The standard InChI is InChI=1S/C26H38N2O6S/c1-25(2,3)13-19(16-35-17-22(30)34-26(4,5)6)27-23(31)21-12-20(29)14-28(21)24(32)33-15-18-10-8-7-9-11-18/h7-11,19,21H,12-17H2,1-6H3,(H,27,31). The number of likely N-dealkylation sites (tertiary alicyclic amines) is 1. The molecular weight excluding hydrogens is 468 g/mol. The predicted molar refractivity (Wildman–Crippen MR) is 136 cm³/mol. The fraction of sp³-hybridized carbons (Fsp3) is 0.615. The van der Waals surface area contributed by atoms with Crippen molar-refractivity contribution in [2.24, 2.45) is 5.41 Å². The lowest BCUT2D eigenvalue weighted by atomic mass is 9.88. The van der Waals surface area contributed by atoms with Gasteiger partial charge in [-0.25, -0.2) is 4.79 Å². The Morgan fingerprint density at radius 3 is 2.37 bits per heavy atom. The normalized spacial score (nSPS) is 17.1. The molecule has 1 aromatic carbocycles. The van der Waals surface area contributed by atoms with E-state index in [9.17, 15) is 19.2 Å². The molecule has 194 valence electrons. The van der Waals surface area contributed by atoms with Gasteiger partial charge in [-0.05, 0) is 38.2 Å². The average molecular weight is 507 g/mol. The van der Waals surface area contributed by atoms with Gasteiger partial charge in [-0.3, -0.25) is 19.3 Å². The molecule has 2 amide bonds. The van der Waals surface area contributed by atoms with Crippen molar-refractivity contribution in [3.63, 3.8) is 0 Å². The van der Waals surface area contributed by atoms with Gasteiger partial charge in [0.25, 0.3) is 0 Å². The molecule has 1 N–H and O–H groups in total. The number of esters is 1. The number of rotatable bonds is 9. The summed E-state index contributed by atoms with van der Waals surface area (Å²) in [6, 6.07) is 8.06. The third kappa shape index (κ3) is 10.7. The van der Waals surface area contributed by atoms with Crippen molar-refractivity contribution >= 4 is 35.5 Å². The highest BCUT2D eigenvalue weighted by Crippen LogP contribution is 2.24. The minimum absolute atomic E-state index is 0.0421. The zero-order chi connectivity index (χ0) is 26.2. The number of ether oxygens (including phenoxy) is 2. The molecule has 1 fully saturated rings. The zero-order valence-corrected chi connectivity index (χ0v) is 22.4. The van der Waals surface area contributed by atoms with Crippen LogP contribution in [0.5, 0.6) is 0 Å². The number of benzene rings is 1. The van der Waals surface area contributed by atoms with E-state index in [4.69, 9.17) is 9.47 Å². The maximum atomic E-state index is 13.1. The molecule has 1 saturated heterocycles. The van der Waals surface area contributed by atoms with E-state index < -0.39 is 17.7 Å². The number of Topliss-reactive ketones (excluding diaryl/α,β-unsaturated/α-hetero) is 1. The van der Waals surface area contributed by atoms with E-state index in [2.05, 4.69) is 26.1 Å². The van der Waals surface area contributed by atoms with Crippen molar-refractivity contribution in [1.29, 1.82) is 0 Å². The third-order valence-corrected chi connectivity index (χ3v) is 6.13. The van der Waals surface area contributed by atoms with Gasteiger partial charge in [0.05, 0.1) is 12.3 Å². The van der Waals surface area contributed by atoms with Crippen LogP contribution in [0, 0.1) is 5.41 Å². The quantitative estimate of drug-likeness (QED) is 0.506. The minimum atomic E-state index is -0.913. The van der Waals surface area contributed by atoms with Gasteiger partial charge < -0.3 is 14.8 Å². The Morgan fingerprint density at radius 1 is 1.11 bits per heavy atom. The van der Waals surface area contributed by atoms with Crippen molar-refractivity contribution in [3.8, 4) is 0 Å². The minimum Gasteiger partial charge on any atom is -0.459 e. The van der Waals surface area contributed by atoms with Crippen LogP contribution >= 0.6 is 11.8 Å². The number of hydrogen-bond donors (Lipinski definition) is 1. The monoisotopic (exact) mass is 506 g/mol. The van der Waals surface area contributed by atoms with Crippen LogP contribution in [-0.2, 0) is 30.5 Å². The molecule has 0 radical (unpaired) electrons. The highest BCUT2D eigenvalue weighted by Gasteiger charge is 2.40.